The van der Waals surface area contributed by atoms with E-state index in [-0.39, 0.29) is 23.0 Å². The second-order valence-electron chi connectivity index (χ2n) is 9.05. The molecular formula is C25H33N7O. The molecule has 0 aliphatic carbocycles. The molecule has 3 aromatic rings. The maximum absolute atomic E-state index is 13.4. The largest absolute Gasteiger partial charge is 0.381 e. The highest BCUT2D eigenvalue weighted by molar-refractivity contribution is 5.91. The number of pyridine rings is 1. The van der Waals surface area contributed by atoms with Gasteiger partial charge in [0.15, 0.2) is 17.5 Å². The molecule has 8 nitrogen and oxygen atoms in total. The van der Waals surface area contributed by atoms with Crippen LogP contribution in [0.5, 0.6) is 0 Å². The van der Waals surface area contributed by atoms with Gasteiger partial charge in [-0.2, -0.15) is 0 Å². The number of para-hydroxylation sites is 1. The van der Waals surface area contributed by atoms with Crippen molar-refractivity contribution in [1.82, 2.24) is 24.4 Å². The van der Waals surface area contributed by atoms with Gasteiger partial charge in [0.1, 0.15) is 6.33 Å². The van der Waals surface area contributed by atoms with E-state index in [4.69, 9.17) is 11.1 Å². The van der Waals surface area contributed by atoms with Gasteiger partial charge in [0, 0.05) is 18.6 Å². The number of piperidine rings is 1. The lowest BCUT2D eigenvalue weighted by atomic mass is 9.97. The Hall–Kier alpha value is -3.13. The Balaban J connectivity index is 1.52. The molecule has 0 bridgehead atoms. The molecule has 33 heavy (non-hydrogen) atoms. The molecule has 4 rings (SSSR count). The summed E-state index contributed by atoms with van der Waals surface area (Å²) in [5, 5.41) is 8.54. The molecule has 2 atom stereocenters. The van der Waals surface area contributed by atoms with E-state index in [0.29, 0.717) is 24.2 Å². The second kappa shape index (κ2) is 10.2. The van der Waals surface area contributed by atoms with Gasteiger partial charge >= 0.3 is 0 Å². The number of likely N-dealkylation sites (tertiary alicyclic amines) is 1. The molecule has 1 aliphatic heterocycles. The number of nitrogens with two attached hydrogens (primary N) is 1. The zero-order valence-electron chi connectivity index (χ0n) is 19.5. The Morgan fingerprint density at radius 1 is 1.09 bits per heavy atom. The third kappa shape index (κ3) is 5.11. The molecule has 1 saturated heterocycles. The molecule has 2 aromatic heterocycles. The minimum atomic E-state index is -0.253. The lowest BCUT2D eigenvalue weighted by molar-refractivity contribution is 0.101. The number of unbranched alkanes of at least 4 members (excludes halogenated alkanes) is 2. The van der Waals surface area contributed by atoms with Crippen LogP contribution in [0, 0.1) is 5.41 Å². The minimum absolute atomic E-state index is 0.0697. The first-order chi connectivity index (χ1) is 16.0. The quantitative estimate of drug-likeness (QED) is 0.310. The van der Waals surface area contributed by atoms with E-state index in [2.05, 4.69) is 33.7 Å². The van der Waals surface area contributed by atoms with E-state index < -0.39 is 0 Å². The van der Waals surface area contributed by atoms with Crippen LogP contribution in [-0.4, -0.2) is 48.9 Å². The number of aromatic nitrogens is 4. The van der Waals surface area contributed by atoms with Crippen LogP contribution in [0.2, 0.25) is 0 Å². The molecule has 0 amide bonds. The molecule has 0 unspecified atom stereocenters. The average molecular weight is 448 g/mol. The van der Waals surface area contributed by atoms with Crippen LogP contribution < -0.4 is 11.3 Å². The van der Waals surface area contributed by atoms with Crippen LogP contribution in [0.1, 0.15) is 58.2 Å². The summed E-state index contributed by atoms with van der Waals surface area (Å²) in [7, 11) is 0. The number of aryl methyl sites for hydroxylation is 1. The van der Waals surface area contributed by atoms with E-state index in [1.54, 1.807) is 0 Å². The summed E-state index contributed by atoms with van der Waals surface area (Å²) in [5.41, 5.74) is 6.70. The van der Waals surface area contributed by atoms with Crippen molar-refractivity contribution >= 4 is 16.7 Å². The van der Waals surface area contributed by atoms with Crippen LogP contribution >= 0.6 is 0 Å². The highest BCUT2D eigenvalue weighted by Crippen LogP contribution is 2.23. The maximum Gasteiger partial charge on any atom is 0.262 e. The first-order valence-corrected chi connectivity index (χ1v) is 11.9. The van der Waals surface area contributed by atoms with Crippen molar-refractivity contribution in [2.24, 2.45) is 5.73 Å². The van der Waals surface area contributed by atoms with E-state index in [9.17, 15) is 4.79 Å². The van der Waals surface area contributed by atoms with E-state index >= 15 is 0 Å². The smallest absolute Gasteiger partial charge is 0.262 e. The van der Waals surface area contributed by atoms with Crippen molar-refractivity contribution in [3.8, 4) is 11.4 Å². The Morgan fingerprint density at radius 3 is 2.58 bits per heavy atom. The molecule has 0 spiro atoms. The van der Waals surface area contributed by atoms with Crippen LogP contribution in [0.3, 0.4) is 0 Å². The molecule has 1 aliphatic rings. The lowest BCUT2D eigenvalue weighted by Gasteiger charge is -2.39. The monoisotopic (exact) mass is 447 g/mol. The van der Waals surface area contributed by atoms with Gasteiger partial charge in [0.05, 0.1) is 11.1 Å². The third-order valence-electron chi connectivity index (χ3n) is 6.73. The molecule has 0 saturated carbocycles. The van der Waals surface area contributed by atoms with Gasteiger partial charge in [-0.3, -0.25) is 15.1 Å². The molecule has 3 N–H and O–H groups in total. The van der Waals surface area contributed by atoms with Gasteiger partial charge in [-0.1, -0.05) is 31.0 Å². The molecule has 174 valence electrons. The van der Waals surface area contributed by atoms with Crippen molar-refractivity contribution in [1.29, 1.82) is 5.41 Å². The number of nitrogens with zero attached hydrogens (tertiary/aromatic N) is 5. The Labute approximate surface area is 194 Å². The normalized spacial score (nSPS) is 19.1. The molecule has 1 aromatic carbocycles. The predicted molar refractivity (Wildman–Crippen MR) is 131 cm³/mol. The molecule has 1 fully saturated rings. The number of rotatable bonds is 8. The number of hydrogen-bond acceptors (Lipinski definition) is 6. The zero-order valence-corrected chi connectivity index (χ0v) is 19.5. The van der Waals surface area contributed by atoms with E-state index in [1.165, 1.54) is 25.6 Å². The average Bonchev–Trinajstić information content (AvgIpc) is 2.81. The summed E-state index contributed by atoms with van der Waals surface area (Å²) < 4.78 is 1.83. The van der Waals surface area contributed by atoms with E-state index in [1.807, 2.05) is 34.9 Å². The molecule has 3 heterocycles. The summed E-state index contributed by atoms with van der Waals surface area (Å²) in [4.78, 5) is 28.4. The fourth-order valence-corrected chi connectivity index (χ4v) is 4.92. The fourth-order valence-electron chi connectivity index (χ4n) is 4.92. The van der Waals surface area contributed by atoms with Crippen molar-refractivity contribution in [2.45, 2.75) is 71.0 Å². The predicted octanol–water partition coefficient (Wildman–Crippen LogP) is 3.57. The number of amidine groups is 1. The summed E-state index contributed by atoms with van der Waals surface area (Å²) in [6, 6.07) is 11.0. The highest BCUT2D eigenvalue weighted by atomic mass is 16.1. The van der Waals surface area contributed by atoms with Crippen LogP contribution in [0.25, 0.3) is 22.3 Å². The standard InChI is InChI=1S/C25H33N7O/c1-17-9-8-10-18(2)31(17)13-6-3-7-14-32-21-12-5-4-11-19(21)15-20(25(32)33)23-28-16-29-24(30-23)22(26)27/h4-5,11-12,15-18H,3,6-10,13-14H2,1-2H3,(H3,26,27)/t17-,18+. The van der Waals surface area contributed by atoms with Crippen molar-refractivity contribution in [2.75, 3.05) is 6.54 Å². The molecular weight excluding hydrogens is 414 g/mol. The summed E-state index contributed by atoms with van der Waals surface area (Å²) in [5.74, 6) is 0.0603. The van der Waals surface area contributed by atoms with Gasteiger partial charge in [-0.05, 0) is 63.6 Å². The van der Waals surface area contributed by atoms with Crippen LogP contribution in [-0.2, 0) is 6.54 Å². The van der Waals surface area contributed by atoms with Gasteiger partial charge in [-0.25, -0.2) is 15.0 Å². The third-order valence-corrected chi connectivity index (χ3v) is 6.73. The van der Waals surface area contributed by atoms with Crippen molar-refractivity contribution in [3.63, 3.8) is 0 Å². The van der Waals surface area contributed by atoms with Gasteiger partial charge in [-0.15, -0.1) is 0 Å². The van der Waals surface area contributed by atoms with Gasteiger partial charge in [0.25, 0.3) is 5.56 Å². The molecule has 8 heteroatoms. The van der Waals surface area contributed by atoms with Crippen LogP contribution in [0.4, 0.5) is 0 Å². The van der Waals surface area contributed by atoms with Crippen LogP contribution in [0.15, 0.2) is 41.5 Å². The number of hydrogen-bond donors (Lipinski definition) is 2. The first-order valence-electron chi connectivity index (χ1n) is 11.9. The number of nitrogen functional groups attached to an aromatic ring is 1. The number of fused-ring (bicyclic) bond motifs is 1. The SMILES string of the molecule is C[C@@H]1CCC[C@H](C)N1CCCCCn1c(=O)c(-c2ncnc(C(=N)N)n2)cc2ccccc21. The Bertz CT molecular complexity index is 1180. The lowest BCUT2D eigenvalue weighted by Crippen LogP contribution is -2.44. The first kappa shape index (κ1) is 23.0. The van der Waals surface area contributed by atoms with Crippen molar-refractivity contribution < 1.29 is 0 Å². The van der Waals surface area contributed by atoms with Gasteiger partial charge < -0.3 is 10.3 Å². The summed E-state index contributed by atoms with van der Waals surface area (Å²) in [6.45, 7) is 6.44. The van der Waals surface area contributed by atoms with Gasteiger partial charge in [0.2, 0.25) is 0 Å². The highest BCUT2D eigenvalue weighted by Gasteiger charge is 2.23. The summed E-state index contributed by atoms with van der Waals surface area (Å²) in [6.07, 6.45) is 8.35. The number of nitrogens with one attached hydrogen (secondary N) is 1. The Morgan fingerprint density at radius 2 is 1.82 bits per heavy atom. The van der Waals surface area contributed by atoms with Crippen molar-refractivity contribution in [3.05, 3.63) is 52.8 Å². The zero-order chi connectivity index (χ0) is 23.4. The Kier molecular flexibility index (Phi) is 7.13. The number of benzene rings is 1. The topological polar surface area (TPSA) is 114 Å². The fraction of sp³-hybridized carbons (Fsp3) is 0.480. The van der Waals surface area contributed by atoms with E-state index in [0.717, 1.165) is 36.7 Å². The maximum atomic E-state index is 13.4. The molecule has 0 radical (unpaired) electrons. The second-order valence-corrected chi connectivity index (χ2v) is 9.05. The summed E-state index contributed by atoms with van der Waals surface area (Å²) >= 11 is 0. The minimum Gasteiger partial charge on any atom is -0.381 e.